The van der Waals surface area contributed by atoms with Crippen LogP contribution < -0.4 is 11.5 Å². The maximum atomic E-state index is 8.43. The van der Waals surface area contributed by atoms with Crippen LogP contribution in [0.1, 0.15) is 5.56 Å². The third kappa shape index (κ3) is 1.92. The van der Waals surface area contributed by atoms with E-state index < -0.39 is 0 Å². The highest BCUT2D eigenvalue weighted by molar-refractivity contribution is 5.57. The summed E-state index contributed by atoms with van der Waals surface area (Å²) in [6.07, 6.45) is 3.26. The standard InChI is InChI=1S/C9H12N2O/c10-8-4-3-7(2-1-5-12)9(11)6-8/h1,3-6,12H,2,10-11H2. The molecule has 12 heavy (non-hydrogen) atoms. The highest BCUT2D eigenvalue weighted by atomic mass is 16.2. The lowest BCUT2D eigenvalue weighted by Gasteiger charge is -2.02. The Morgan fingerprint density at radius 2 is 2.08 bits per heavy atom. The van der Waals surface area contributed by atoms with E-state index in [2.05, 4.69) is 0 Å². The van der Waals surface area contributed by atoms with Crippen LogP contribution in [-0.2, 0) is 6.42 Å². The molecule has 0 aromatic heterocycles. The van der Waals surface area contributed by atoms with E-state index in [1.54, 1.807) is 18.2 Å². The lowest BCUT2D eigenvalue weighted by Crippen LogP contribution is -1.95. The molecule has 1 rings (SSSR count). The van der Waals surface area contributed by atoms with E-state index in [0.717, 1.165) is 11.8 Å². The quantitative estimate of drug-likeness (QED) is 0.457. The Labute approximate surface area is 71.3 Å². The first kappa shape index (κ1) is 8.46. The van der Waals surface area contributed by atoms with Gasteiger partial charge in [0, 0.05) is 11.4 Å². The molecule has 5 N–H and O–H groups in total. The van der Waals surface area contributed by atoms with Crippen molar-refractivity contribution < 1.29 is 5.11 Å². The van der Waals surface area contributed by atoms with Crippen molar-refractivity contribution in [3.8, 4) is 0 Å². The molecule has 0 unspecified atom stereocenters. The second-order valence-corrected chi connectivity index (χ2v) is 2.55. The molecule has 0 saturated carbocycles. The van der Waals surface area contributed by atoms with E-state index >= 15 is 0 Å². The summed E-state index contributed by atoms with van der Waals surface area (Å²) in [7, 11) is 0. The summed E-state index contributed by atoms with van der Waals surface area (Å²) in [6, 6.07) is 5.35. The molecule has 64 valence electrons. The fraction of sp³-hybridized carbons (Fsp3) is 0.111. The van der Waals surface area contributed by atoms with Gasteiger partial charge in [-0.25, -0.2) is 0 Å². The number of hydrogen-bond donors (Lipinski definition) is 3. The number of nitrogen functional groups attached to an aromatic ring is 2. The van der Waals surface area contributed by atoms with Crippen LogP contribution >= 0.6 is 0 Å². The van der Waals surface area contributed by atoms with Crippen molar-refractivity contribution in [3.05, 3.63) is 36.1 Å². The Morgan fingerprint density at radius 3 is 2.67 bits per heavy atom. The second-order valence-electron chi connectivity index (χ2n) is 2.55. The van der Waals surface area contributed by atoms with Gasteiger partial charge in [0.15, 0.2) is 0 Å². The Bertz CT molecular complexity index is 295. The lowest BCUT2D eigenvalue weighted by atomic mass is 10.1. The van der Waals surface area contributed by atoms with Gasteiger partial charge < -0.3 is 16.6 Å². The summed E-state index contributed by atoms with van der Waals surface area (Å²) < 4.78 is 0. The highest BCUT2D eigenvalue weighted by Gasteiger charge is 1.96. The first-order valence-electron chi connectivity index (χ1n) is 3.67. The molecule has 0 bridgehead atoms. The molecule has 0 radical (unpaired) electrons. The zero-order valence-corrected chi connectivity index (χ0v) is 6.70. The van der Waals surface area contributed by atoms with Crippen molar-refractivity contribution in [1.29, 1.82) is 0 Å². The van der Waals surface area contributed by atoms with Crippen LogP contribution in [0.15, 0.2) is 30.5 Å². The summed E-state index contributed by atoms with van der Waals surface area (Å²) in [5.41, 5.74) is 13.5. The molecular formula is C9H12N2O. The average Bonchev–Trinajstić information content (AvgIpc) is 2.03. The summed E-state index contributed by atoms with van der Waals surface area (Å²) >= 11 is 0. The molecular weight excluding hydrogens is 152 g/mol. The molecule has 0 amide bonds. The van der Waals surface area contributed by atoms with Crippen molar-refractivity contribution in [2.24, 2.45) is 0 Å². The fourth-order valence-electron chi connectivity index (χ4n) is 0.979. The molecule has 1 aromatic carbocycles. The molecule has 0 saturated heterocycles. The summed E-state index contributed by atoms with van der Waals surface area (Å²) in [6.45, 7) is 0. The van der Waals surface area contributed by atoms with Crippen molar-refractivity contribution in [1.82, 2.24) is 0 Å². The molecule has 0 spiro atoms. The predicted molar refractivity (Wildman–Crippen MR) is 50.7 cm³/mol. The molecule has 1 aromatic rings. The van der Waals surface area contributed by atoms with Crippen molar-refractivity contribution >= 4 is 11.4 Å². The zero-order valence-electron chi connectivity index (χ0n) is 6.70. The van der Waals surface area contributed by atoms with Crippen molar-refractivity contribution in [2.75, 3.05) is 11.5 Å². The van der Waals surface area contributed by atoms with Gasteiger partial charge in [-0.2, -0.15) is 0 Å². The van der Waals surface area contributed by atoms with Crippen LogP contribution in [0, 0.1) is 0 Å². The smallest absolute Gasteiger partial charge is 0.0755 e. The topological polar surface area (TPSA) is 72.3 Å². The molecule has 0 aliphatic heterocycles. The summed E-state index contributed by atoms with van der Waals surface area (Å²) in [5.74, 6) is 0. The predicted octanol–water partition coefficient (Wildman–Crippen LogP) is 1.47. The summed E-state index contributed by atoms with van der Waals surface area (Å²) in [5, 5.41) is 8.43. The Kier molecular flexibility index (Phi) is 2.58. The number of rotatable bonds is 2. The van der Waals surface area contributed by atoms with Crippen LogP contribution in [0.3, 0.4) is 0 Å². The summed E-state index contributed by atoms with van der Waals surface area (Å²) in [4.78, 5) is 0. The van der Waals surface area contributed by atoms with Gasteiger partial charge in [-0.15, -0.1) is 0 Å². The van der Waals surface area contributed by atoms with E-state index in [1.165, 1.54) is 0 Å². The van der Waals surface area contributed by atoms with Gasteiger partial charge >= 0.3 is 0 Å². The minimum absolute atomic E-state index is 0.628. The monoisotopic (exact) mass is 164 g/mol. The van der Waals surface area contributed by atoms with Gasteiger partial charge in [0.05, 0.1) is 6.26 Å². The second kappa shape index (κ2) is 3.67. The van der Waals surface area contributed by atoms with E-state index in [0.29, 0.717) is 17.8 Å². The van der Waals surface area contributed by atoms with E-state index in [-0.39, 0.29) is 0 Å². The fourth-order valence-corrected chi connectivity index (χ4v) is 0.979. The maximum absolute atomic E-state index is 8.43. The van der Waals surface area contributed by atoms with E-state index in [1.807, 2.05) is 6.07 Å². The van der Waals surface area contributed by atoms with E-state index in [4.69, 9.17) is 16.6 Å². The molecule has 3 nitrogen and oxygen atoms in total. The third-order valence-electron chi connectivity index (χ3n) is 1.61. The van der Waals surface area contributed by atoms with Crippen molar-refractivity contribution in [3.63, 3.8) is 0 Å². The normalized spacial score (nSPS) is 10.7. The largest absolute Gasteiger partial charge is 0.516 e. The Morgan fingerprint density at radius 1 is 1.33 bits per heavy atom. The molecule has 0 heterocycles. The van der Waals surface area contributed by atoms with Gasteiger partial charge in [-0.1, -0.05) is 6.07 Å². The number of anilines is 2. The Hall–Kier alpha value is -1.64. The number of benzene rings is 1. The zero-order chi connectivity index (χ0) is 8.97. The van der Waals surface area contributed by atoms with Gasteiger partial charge in [0.2, 0.25) is 0 Å². The number of aliphatic hydroxyl groups is 1. The first-order chi connectivity index (χ1) is 5.74. The SMILES string of the molecule is Nc1ccc(CC=CO)c(N)c1. The van der Waals surface area contributed by atoms with Crippen LogP contribution in [0.2, 0.25) is 0 Å². The Balaban J connectivity index is 2.86. The maximum Gasteiger partial charge on any atom is 0.0755 e. The highest BCUT2D eigenvalue weighted by Crippen LogP contribution is 2.16. The van der Waals surface area contributed by atoms with E-state index in [9.17, 15) is 0 Å². The van der Waals surface area contributed by atoms with Crippen LogP contribution in [0.5, 0.6) is 0 Å². The van der Waals surface area contributed by atoms with Gasteiger partial charge in [-0.3, -0.25) is 0 Å². The molecule has 0 fully saturated rings. The number of allylic oxidation sites excluding steroid dienone is 1. The van der Waals surface area contributed by atoms with Gasteiger partial charge in [0.25, 0.3) is 0 Å². The van der Waals surface area contributed by atoms with Crippen LogP contribution in [-0.4, -0.2) is 5.11 Å². The molecule has 3 heteroatoms. The van der Waals surface area contributed by atoms with Gasteiger partial charge in [-0.05, 0) is 30.2 Å². The number of aliphatic hydroxyl groups excluding tert-OH is 1. The lowest BCUT2D eigenvalue weighted by molar-refractivity contribution is 0.471. The van der Waals surface area contributed by atoms with Crippen LogP contribution in [0.4, 0.5) is 11.4 Å². The minimum Gasteiger partial charge on any atom is -0.516 e. The minimum atomic E-state index is 0.628. The third-order valence-corrected chi connectivity index (χ3v) is 1.61. The number of hydrogen-bond acceptors (Lipinski definition) is 3. The number of nitrogens with two attached hydrogens (primary N) is 2. The molecule has 0 atom stereocenters. The van der Waals surface area contributed by atoms with Gasteiger partial charge in [0.1, 0.15) is 0 Å². The average molecular weight is 164 g/mol. The van der Waals surface area contributed by atoms with Crippen LogP contribution in [0.25, 0.3) is 0 Å². The molecule has 0 aliphatic carbocycles. The molecule has 0 aliphatic rings. The van der Waals surface area contributed by atoms with Crippen molar-refractivity contribution in [2.45, 2.75) is 6.42 Å². The first-order valence-corrected chi connectivity index (χ1v) is 3.67.